The van der Waals surface area contributed by atoms with Crippen molar-refractivity contribution in [2.75, 3.05) is 6.61 Å². The van der Waals surface area contributed by atoms with Crippen LogP contribution < -0.4 is 5.56 Å². The lowest BCUT2D eigenvalue weighted by Crippen LogP contribution is -2.33. The van der Waals surface area contributed by atoms with Gasteiger partial charge in [0, 0.05) is 11.9 Å². The number of ether oxygens (including phenoxy) is 1. The fourth-order valence-corrected chi connectivity index (χ4v) is 2.89. The lowest BCUT2D eigenvalue weighted by molar-refractivity contribution is -0.0511. The molecule has 4 heterocycles. The van der Waals surface area contributed by atoms with Crippen molar-refractivity contribution in [1.82, 2.24) is 23.9 Å². The highest BCUT2D eigenvalue weighted by atomic mass is 16.6. The highest BCUT2D eigenvalue weighted by molar-refractivity contribution is 5.71. The van der Waals surface area contributed by atoms with Crippen molar-refractivity contribution in [1.29, 1.82) is 0 Å². The minimum absolute atomic E-state index is 0.124. The molecule has 4 rings (SSSR count). The number of rotatable bonds is 2. The Kier molecular flexibility index (Phi) is 3.03. The van der Waals surface area contributed by atoms with Crippen molar-refractivity contribution in [2.45, 2.75) is 31.5 Å². The number of nitrogens with zero attached hydrogens (tertiary/aromatic N) is 4. The van der Waals surface area contributed by atoms with Crippen LogP contribution >= 0.6 is 0 Å². The Labute approximate surface area is 128 Å². The van der Waals surface area contributed by atoms with Crippen LogP contribution in [-0.2, 0) is 4.74 Å². The van der Waals surface area contributed by atoms with E-state index in [0.29, 0.717) is 5.78 Å². The monoisotopic (exact) mass is 321 g/mol. The number of hydrogen-bond donors (Lipinski definition) is 4. The largest absolute Gasteiger partial charge is 0.394 e. The summed E-state index contributed by atoms with van der Waals surface area (Å²) in [5.74, 6) is 0.341. The molecule has 0 amide bonds. The molecule has 0 spiro atoms. The number of fused-ring (bicyclic) bond motifs is 2. The molecule has 1 fully saturated rings. The first-order chi connectivity index (χ1) is 11.0. The molecule has 4 atom stereocenters. The van der Waals surface area contributed by atoms with E-state index in [4.69, 9.17) is 4.74 Å². The van der Waals surface area contributed by atoms with Crippen LogP contribution in [0.3, 0.4) is 0 Å². The normalized spacial score (nSPS) is 28.2. The number of hydrogen-bond acceptors (Lipinski definition) is 7. The summed E-state index contributed by atoms with van der Waals surface area (Å²) >= 11 is 0. The summed E-state index contributed by atoms with van der Waals surface area (Å²) in [6, 6.07) is 0. The standard InChI is InChI=1S/C13H15N5O5/c1-5-2-17-11(22)7-10(16-13(17)15-5)18(4-14-7)12-9(21)8(20)6(3-19)23-12/h2,4,6,8-9,12,19-21H,3H2,1H3,(H,15,16)/t6-,8?,9+,12-/m1/s1. The van der Waals surface area contributed by atoms with Gasteiger partial charge in [0.15, 0.2) is 17.4 Å². The maximum absolute atomic E-state index is 12.4. The Morgan fingerprint density at radius 2 is 2.17 bits per heavy atom. The molecule has 0 saturated carbocycles. The van der Waals surface area contributed by atoms with Gasteiger partial charge in [-0.15, -0.1) is 0 Å². The highest BCUT2D eigenvalue weighted by Crippen LogP contribution is 2.30. The first-order valence-corrected chi connectivity index (χ1v) is 7.08. The van der Waals surface area contributed by atoms with Crippen molar-refractivity contribution >= 4 is 16.9 Å². The summed E-state index contributed by atoms with van der Waals surface area (Å²) in [5.41, 5.74) is 0.771. The Morgan fingerprint density at radius 3 is 2.87 bits per heavy atom. The number of aliphatic hydroxyl groups excluding tert-OH is 3. The molecule has 3 aromatic heterocycles. The van der Waals surface area contributed by atoms with Gasteiger partial charge in [-0.2, -0.15) is 4.98 Å². The summed E-state index contributed by atoms with van der Waals surface area (Å²) in [4.78, 5) is 23.8. The Morgan fingerprint density at radius 1 is 1.39 bits per heavy atom. The quantitative estimate of drug-likeness (QED) is 0.441. The average Bonchev–Trinajstić information content (AvgIpc) is 3.18. The van der Waals surface area contributed by atoms with Gasteiger partial charge in [-0.25, -0.2) is 9.38 Å². The van der Waals surface area contributed by atoms with Gasteiger partial charge >= 0.3 is 0 Å². The summed E-state index contributed by atoms with van der Waals surface area (Å²) in [7, 11) is 0. The van der Waals surface area contributed by atoms with Gasteiger partial charge in [0.2, 0.25) is 5.78 Å². The lowest BCUT2D eigenvalue weighted by Gasteiger charge is -2.16. The van der Waals surface area contributed by atoms with Gasteiger partial charge in [-0.05, 0) is 6.92 Å². The number of imidazole rings is 2. The van der Waals surface area contributed by atoms with E-state index in [9.17, 15) is 20.1 Å². The van der Waals surface area contributed by atoms with Crippen molar-refractivity contribution in [2.24, 2.45) is 0 Å². The zero-order chi connectivity index (χ0) is 16.3. The molecule has 0 bridgehead atoms. The molecule has 23 heavy (non-hydrogen) atoms. The van der Waals surface area contributed by atoms with Gasteiger partial charge in [0.05, 0.1) is 12.9 Å². The number of nitrogens with one attached hydrogen (secondary N) is 1. The van der Waals surface area contributed by atoms with E-state index in [1.165, 1.54) is 15.3 Å². The van der Waals surface area contributed by atoms with Crippen LogP contribution in [0.15, 0.2) is 17.3 Å². The van der Waals surface area contributed by atoms with E-state index in [0.717, 1.165) is 5.69 Å². The van der Waals surface area contributed by atoms with E-state index in [1.807, 2.05) is 0 Å². The molecule has 1 saturated heterocycles. The molecule has 0 aliphatic carbocycles. The maximum Gasteiger partial charge on any atom is 0.287 e. The molecule has 122 valence electrons. The molecule has 1 unspecified atom stereocenters. The fraction of sp³-hybridized carbons (Fsp3) is 0.462. The van der Waals surface area contributed by atoms with Crippen LogP contribution in [0, 0.1) is 6.92 Å². The predicted molar refractivity (Wildman–Crippen MR) is 76.9 cm³/mol. The summed E-state index contributed by atoms with van der Waals surface area (Å²) < 4.78 is 8.20. The molecular formula is C13H15N5O5. The Bertz CT molecular complexity index is 943. The molecule has 10 nitrogen and oxygen atoms in total. The van der Waals surface area contributed by atoms with Crippen LogP contribution in [0.2, 0.25) is 0 Å². The summed E-state index contributed by atoms with van der Waals surface area (Å²) in [6.45, 7) is 1.36. The molecule has 4 N–H and O–H groups in total. The van der Waals surface area contributed by atoms with E-state index >= 15 is 0 Å². The smallest absolute Gasteiger partial charge is 0.287 e. The third-order valence-electron chi connectivity index (χ3n) is 4.05. The number of aromatic nitrogens is 5. The molecule has 1 aliphatic heterocycles. The fourth-order valence-electron chi connectivity index (χ4n) is 2.89. The SMILES string of the molecule is Cc1cn2c(=O)c3ncn([C@@H]4O[C@H](CO)C(O)[C@@H]4O)c3nc2[nH]1. The third-order valence-corrected chi connectivity index (χ3v) is 4.05. The van der Waals surface area contributed by atoms with E-state index < -0.39 is 31.1 Å². The van der Waals surface area contributed by atoms with Gasteiger partial charge in [-0.3, -0.25) is 9.36 Å². The Hall–Kier alpha value is -2.27. The lowest BCUT2D eigenvalue weighted by atomic mass is 10.1. The molecule has 10 heteroatoms. The van der Waals surface area contributed by atoms with E-state index in [2.05, 4.69) is 15.0 Å². The van der Waals surface area contributed by atoms with Crippen LogP contribution in [0.25, 0.3) is 16.9 Å². The van der Waals surface area contributed by atoms with E-state index in [-0.39, 0.29) is 16.7 Å². The second-order valence-electron chi connectivity index (χ2n) is 5.60. The number of aromatic amines is 1. The van der Waals surface area contributed by atoms with Gasteiger partial charge in [0.25, 0.3) is 5.56 Å². The first-order valence-electron chi connectivity index (χ1n) is 7.08. The molecule has 0 aromatic carbocycles. The topological polar surface area (TPSA) is 138 Å². The number of aliphatic hydroxyl groups is 3. The highest BCUT2D eigenvalue weighted by Gasteiger charge is 2.44. The molecule has 0 radical (unpaired) electrons. The average molecular weight is 321 g/mol. The first kappa shape index (κ1) is 14.3. The van der Waals surface area contributed by atoms with Gasteiger partial charge in [0.1, 0.15) is 18.3 Å². The van der Waals surface area contributed by atoms with E-state index in [1.54, 1.807) is 13.1 Å². The van der Waals surface area contributed by atoms with Gasteiger partial charge < -0.3 is 25.0 Å². The second kappa shape index (κ2) is 4.86. The van der Waals surface area contributed by atoms with Crippen LogP contribution in [0.4, 0.5) is 0 Å². The minimum Gasteiger partial charge on any atom is -0.394 e. The third kappa shape index (κ3) is 1.93. The van der Waals surface area contributed by atoms with Crippen molar-refractivity contribution in [3.05, 3.63) is 28.6 Å². The van der Waals surface area contributed by atoms with Gasteiger partial charge in [-0.1, -0.05) is 0 Å². The minimum atomic E-state index is -1.27. The van der Waals surface area contributed by atoms with Crippen molar-refractivity contribution in [3.63, 3.8) is 0 Å². The molecule has 3 aromatic rings. The van der Waals surface area contributed by atoms with Crippen LogP contribution in [-0.4, -0.2) is 64.2 Å². The van der Waals surface area contributed by atoms with Crippen molar-refractivity contribution in [3.8, 4) is 0 Å². The zero-order valence-corrected chi connectivity index (χ0v) is 12.1. The molecular weight excluding hydrogens is 306 g/mol. The predicted octanol–water partition coefficient (Wildman–Crippen LogP) is -1.71. The zero-order valence-electron chi connectivity index (χ0n) is 12.1. The number of aryl methyl sites for hydroxylation is 1. The maximum atomic E-state index is 12.4. The van der Waals surface area contributed by atoms with Crippen LogP contribution in [0.1, 0.15) is 11.9 Å². The summed E-state index contributed by atoms with van der Waals surface area (Å²) in [6.07, 6.45) is -1.46. The van der Waals surface area contributed by atoms with Crippen molar-refractivity contribution < 1.29 is 20.1 Å². The second-order valence-corrected chi connectivity index (χ2v) is 5.60. The molecule has 1 aliphatic rings. The number of H-pyrrole nitrogens is 1. The Balaban J connectivity index is 1.90. The summed E-state index contributed by atoms with van der Waals surface area (Å²) in [5, 5.41) is 29.2. The van der Waals surface area contributed by atoms with Crippen LogP contribution in [0.5, 0.6) is 0 Å².